The molecule has 0 unspecified atom stereocenters. The molecular weight excluding hydrogens is 458 g/mol. The molecule has 0 spiro atoms. The van der Waals surface area contributed by atoms with Crippen molar-refractivity contribution in [3.05, 3.63) is 98.5 Å². The normalized spacial score (nSPS) is 10.8. The highest BCUT2D eigenvalue weighted by molar-refractivity contribution is 7.99. The van der Waals surface area contributed by atoms with Gasteiger partial charge in [-0.1, -0.05) is 48.2 Å². The molecule has 0 aliphatic carbocycles. The summed E-state index contributed by atoms with van der Waals surface area (Å²) in [7, 11) is 0. The minimum absolute atomic E-state index is 0.0211. The number of hydrogen-bond donors (Lipinski definition) is 1. The van der Waals surface area contributed by atoms with E-state index in [2.05, 4.69) is 38.3 Å². The third-order valence-corrected chi connectivity index (χ3v) is 6.71. The maximum Gasteiger partial charge on any atom is 0.269 e. The first-order valence-corrected chi connectivity index (χ1v) is 12.1. The number of nitrogens with zero attached hydrogens (tertiary/aromatic N) is 4. The molecule has 168 valence electrons. The van der Waals surface area contributed by atoms with Gasteiger partial charge in [-0.15, -0.1) is 21.5 Å². The smallest absolute Gasteiger partial charge is 0.269 e. The van der Waals surface area contributed by atoms with Crippen LogP contribution in [0.2, 0.25) is 0 Å². The summed E-state index contributed by atoms with van der Waals surface area (Å²) in [5.41, 5.74) is 1.71. The first-order chi connectivity index (χ1) is 16.1. The van der Waals surface area contributed by atoms with Crippen LogP contribution in [-0.4, -0.2) is 31.3 Å². The second kappa shape index (κ2) is 10.9. The van der Waals surface area contributed by atoms with Crippen molar-refractivity contribution in [3.8, 4) is 0 Å². The molecule has 0 radical (unpaired) electrons. The number of carbonyl (C=O) groups is 1. The summed E-state index contributed by atoms with van der Waals surface area (Å²) in [4.78, 5) is 23.9. The molecule has 0 aliphatic heterocycles. The highest BCUT2D eigenvalue weighted by Gasteiger charge is 2.16. The predicted molar refractivity (Wildman–Crippen MR) is 130 cm³/mol. The molecule has 4 aromatic rings. The Hall–Kier alpha value is -3.50. The molecule has 0 saturated carbocycles. The van der Waals surface area contributed by atoms with Gasteiger partial charge in [-0.05, 0) is 35.6 Å². The van der Waals surface area contributed by atoms with E-state index in [0.29, 0.717) is 23.8 Å². The zero-order valence-electron chi connectivity index (χ0n) is 17.6. The van der Waals surface area contributed by atoms with Crippen LogP contribution in [-0.2, 0) is 24.2 Å². The highest BCUT2D eigenvalue weighted by atomic mass is 32.2. The molecule has 0 fully saturated rings. The Morgan fingerprint density at radius 1 is 1.06 bits per heavy atom. The minimum atomic E-state index is -0.475. The van der Waals surface area contributed by atoms with Crippen LogP contribution >= 0.6 is 23.1 Å². The molecule has 0 atom stereocenters. The van der Waals surface area contributed by atoms with Crippen LogP contribution < -0.4 is 5.32 Å². The van der Waals surface area contributed by atoms with Gasteiger partial charge in [-0.25, -0.2) is 0 Å². The average Bonchev–Trinajstić information content (AvgIpc) is 3.47. The standard InChI is InChI=1S/C23H21N5O3S2/c29-22(24-18-8-10-19(11-9-18)28(30)31)16-33-23-26-25-21(15-20-7-4-14-32-20)27(23)13-12-17-5-2-1-3-6-17/h1-11,14H,12-13,15-16H2,(H,24,29). The second-order valence-electron chi connectivity index (χ2n) is 7.18. The molecule has 0 saturated heterocycles. The molecular formula is C23H21N5O3S2. The number of nitro benzene ring substituents is 1. The summed E-state index contributed by atoms with van der Waals surface area (Å²) in [5.74, 6) is 0.803. The number of rotatable bonds is 10. The van der Waals surface area contributed by atoms with Crippen LogP contribution in [0.5, 0.6) is 0 Å². The number of benzene rings is 2. The van der Waals surface area contributed by atoms with Gasteiger partial charge < -0.3 is 9.88 Å². The molecule has 8 nitrogen and oxygen atoms in total. The van der Waals surface area contributed by atoms with Crippen LogP contribution in [0.4, 0.5) is 11.4 Å². The van der Waals surface area contributed by atoms with Crippen molar-refractivity contribution in [1.82, 2.24) is 14.8 Å². The SMILES string of the molecule is O=C(CSc1nnc(Cc2cccs2)n1CCc1ccccc1)Nc1ccc([N+](=O)[O-])cc1. The Morgan fingerprint density at radius 2 is 1.85 bits per heavy atom. The Labute approximate surface area is 198 Å². The number of anilines is 1. The number of carbonyl (C=O) groups excluding carboxylic acids is 1. The maximum absolute atomic E-state index is 12.4. The van der Waals surface area contributed by atoms with Crippen molar-refractivity contribution in [1.29, 1.82) is 0 Å². The number of hydrogen-bond acceptors (Lipinski definition) is 7. The van der Waals surface area contributed by atoms with E-state index in [0.717, 1.165) is 12.2 Å². The highest BCUT2D eigenvalue weighted by Crippen LogP contribution is 2.22. The molecule has 10 heteroatoms. The number of thiophene rings is 1. The third kappa shape index (κ3) is 6.27. The molecule has 2 aromatic heterocycles. The van der Waals surface area contributed by atoms with Crippen LogP contribution in [0, 0.1) is 10.1 Å². The lowest BCUT2D eigenvalue weighted by Crippen LogP contribution is -2.15. The van der Waals surface area contributed by atoms with E-state index in [1.165, 1.54) is 46.5 Å². The van der Waals surface area contributed by atoms with Gasteiger partial charge in [0.05, 0.1) is 10.7 Å². The molecule has 0 aliphatic rings. The van der Waals surface area contributed by atoms with Crippen molar-refractivity contribution in [2.75, 3.05) is 11.1 Å². The van der Waals surface area contributed by atoms with E-state index >= 15 is 0 Å². The van der Waals surface area contributed by atoms with Crippen molar-refractivity contribution >= 4 is 40.4 Å². The van der Waals surface area contributed by atoms with Gasteiger partial charge in [0.15, 0.2) is 5.16 Å². The van der Waals surface area contributed by atoms with Gasteiger partial charge in [0.25, 0.3) is 5.69 Å². The summed E-state index contributed by atoms with van der Waals surface area (Å²) in [6.45, 7) is 0.712. The van der Waals surface area contributed by atoms with Crippen LogP contribution in [0.25, 0.3) is 0 Å². The second-order valence-corrected chi connectivity index (χ2v) is 9.16. The fraction of sp³-hybridized carbons (Fsp3) is 0.174. The Balaban J connectivity index is 1.42. The number of nitrogens with one attached hydrogen (secondary N) is 1. The van der Waals surface area contributed by atoms with E-state index in [1.54, 1.807) is 11.3 Å². The molecule has 1 N–H and O–H groups in total. The van der Waals surface area contributed by atoms with Crippen molar-refractivity contribution in [2.24, 2.45) is 0 Å². The van der Waals surface area contributed by atoms with Crippen LogP contribution in [0.1, 0.15) is 16.3 Å². The van der Waals surface area contributed by atoms with Gasteiger partial charge in [-0.2, -0.15) is 0 Å². The zero-order chi connectivity index (χ0) is 23.0. The minimum Gasteiger partial charge on any atom is -0.325 e. The molecule has 2 aromatic carbocycles. The Kier molecular flexibility index (Phi) is 7.48. The summed E-state index contributed by atoms with van der Waals surface area (Å²) in [6, 6.07) is 20.1. The summed E-state index contributed by atoms with van der Waals surface area (Å²) in [6.07, 6.45) is 1.52. The zero-order valence-corrected chi connectivity index (χ0v) is 19.2. The summed E-state index contributed by atoms with van der Waals surface area (Å²) < 4.78 is 2.08. The molecule has 4 rings (SSSR count). The van der Waals surface area contributed by atoms with Crippen LogP contribution in [0.3, 0.4) is 0 Å². The number of aryl methyl sites for hydroxylation is 1. The van der Waals surface area contributed by atoms with E-state index in [-0.39, 0.29) is 17.3 Å². The van der Waals surface area contributed by atoms with Crippen molar-refractivity contribution in [3.63, 3.8) is 0 Å². The van der Waals surface area contributed by atoms with E-state index in [4.69, 9.17) is 0 Å². The van der Waals surface area contributed by atoms with E-state index in [1.807, 2.05) is 29.6 Å². The Morgan fingerprint density at radius 3 is 2.55 bits per heavy atom. The fourth-order valence-electron chi connectivity index (χ4n) is 3.23. The lowest BCUT2D eigenvalue weighted by Gasteiger charge is -2.10. The van der Waals surface area contributed by atoms with E-state index < -0.39 is 4.92 Å². The summed E-state index contributed by atoms with van der Waals surface area (Å²) >= 11 is 3.00. The number of non-ortho nitro benzene ring substituents is 1. The molecule has 33 heavy (non-hydrogen) atoms. The van der Waals surface area contributed by atoms with Gasteiger partial charge in [0.1, 0.15) is 5.82 Å². The van der Waals surface area contributed by atoms with Gasteiger partial charge >= 0.3 is 0 Å². The van der Waals surface area contributed by atoms with Crippen molar-refractivity contribution < 1.29 is 9.72 Å². The fourth-order valence-corrected chi connectivity index (χ4v) is 4.71. The lowest BCUT2D eigenvalue weighted by atomic mass is 10.1. The number of aromatic nitrogens is 3. The molecule has 1 amide bonds. The Bertz CT molecular complexity index is 1210. The predicted octanol–water partition coefficient (Wildman–Crippen LogP) is 4.81. The summed E-state index contributed by atoms with van der Waals surface area (Å²) in [5, 5.41) is 25.0. The van der Waals surface area contributed by atoms with E-state index in [9.17, 15) is 14.9 Å². The molecule has 0 bridgehead atoms. The quantitative estimate of drug-likeness (QED) is 0.199. The monoisotopic (exact) mass is 479 g/mol. The number of amides is 1. The molecule has 2 heterocycles. The largest absolute Gasteiger partial charge is 0.325 e. The van der Waals surface area contributed by atoms with Gasteiger partial charge in [0, 0.05) is 35.7 Å². The number of thioether (sulfide) groups is 1. The lowest BCUT2D eigenvalue weighted by molar-refractivity contribution is -0.384. The third-order valence-electron chi connectivity index (χ3n) is 4.87. The first-order valence-electron chi connectivity index (χ1n) is 10.2. The van der Waals surface area contributed by atoms with Gasteiger partial charge in [-0.3, -0.25) is 14.9 Å². The average molecular weight is 480 g/mol. The maximum atomic E-state index is 12.4. The van der Waals surface area contributed by atoms with Crippen LogP contribution in [0.15, 0.2) is 77.3 Å². The topological polar surface area (TPSA) is 103 Å². The van der Waals surface area contributed by atoms with Gasteiger partial charge in [0.2, 0.25) is 5.91 Å². The van der Waals surface area contributed by atoms with Crippen molar-refractivity contribution in [2.45, 2.75) is 24.5 Å². The number of nitro groups is 1. The first kappa shape index (κ1) is 22.7.